The van der Waals surface area contributed by atoms with Crippen molar-refractivity contribution in [3.8, 4) is 0 Å². The van der Waals surface area contributed by atoms with E-state index in [2.05, 4.69) is 31.2 Å². The molecule has 0 radical (unpaired) electrons. The molecule has 1 fully saturated rings. The van der Waals surface area contributed by atoms with Gasteiger partial charge in [-0.25, -0.2) is 4.79 Å². The van der Waals surface area contributed by atoms with Gasteiger partial charge < -0.3 is 4.74 Å². The number of ether oxygens (including phenoxy) is 1. The van der Waals surface area contributed by atoms with Gasteiger partial charge in [-0.05, 0) is 33.3 Å². The molecule has 0 aliphatic carbocycles. The van der Waals surface area contributed by atoms with Crippen molar-refractivity contribution >= 4 is 6.09 Å². The minimum atomic E-state index is -0.419. The second-order valence-electron chi connectivity index (χ2n) is 5.56. The summed E-state index contributed by atoms with van der Waals surface area (Å²) < 4.78 is 5.32. The average Bonchev–Trinajstić information content (AvgIpc) is 2.96. The molecule has 0 aromatic heterocycles. The summed E-state index contributed by atoms with van der Waals surface area (Å²) in [5.41, 5.74) is 2.00. The standard InChI is InChI=1S/C14H19NO2/c1-10-5-7-11(8-6-10)12-9-15(12)13(16)17-14(2,3)4/h5-8,12H,9H2,1-4H3. The molecule has 1 aromatic carbocycles. The third kappa shape index (κ3) is 2.99. The number of rotatable bonds is 1. The van der Waals surface area contributed by atoms with Crippen molar-refractivity contribution in [2.24, 2.45) is 0 Å². The van der Waals surface area contributed by atoms with Crippen LogP contribution in [0, 0.1) is 6.92 Å². The summed E-state index contributed by atoms with van der Waals surface area (Å²) in [4.78, 5) is 13.5. The average molecular weight is 233 g/mol. The minimum Gasteiger partial charge on any atom is -0.444 e. The highest BCUT2D eigenvalue weighted by Crippen LogP contribution is 2.36. The van der Waals surface area contributed by atoms with Crippen LogP contribution in [0.15, 0.2) is 24.3 Å². The summed E-state index contributed by atoms with van der Waals surface area (Å²) in [6, 6.07) is 8.49. The van der Waals surface area contributed by atoms with Crippen LogP contribution in [0.5, 0.6) is 0 Å². The van der Waals surface area contributed by atoms with Crippen molar-refractivity contribution in [2.45, 2.75) is 39.3 Å². The molecule has 3 nitrogen and oxygen atoms in total. The normalized spacial score (nSPS) is 19.1. The molecule has 0 saturated carbocycles. The van der Waals surface area contributed by atoms with Crippen LogP contribution in [0.4, 0.5) is 4.79 Å². The lowest BCUT2D eigenvalue weighted by molar-refractivity contribution is 0.0406. The number of aryl methyl sites for hydroxylation is 1. The second-order valence-corrected chi connectivity index (χ2v) is 5.56. The van der Waals surface area contributed by atoms with Gasteiger partial charge in [-0.1, -0.05) is 29.8 Å². The Hall–Kier alpha value is -1.51. The third-order valence-electron chi connectivity index (χ3n) is 2.70. The molecule has 1 atom stereocenters. The molecule has 3 heteroatoms. The molecule has 0 spiro atoms. The largest absolute Gasteiger partial charge is 0.444 e. The van der Waals surface area contributed by atoms with E-state index < -0.39 is 5.60 Å². The van der Waals surface area contributed by atoms with Gasteiger partial charge in [0, 0.05) is 6.54 Å². The van der Waals surface area contributed by atoms with Gasteiger partial charge in [0.05, 0.1) is 6.04 Å². The van der Waals surface area contributed by atoms with Crippen molar-refractivity contribution in [3.63, 3.8) is 0 Å². The van der Waals surface area contributed by atoms with Gasteiger partial charge in [0.15, 0.2) is 0 Å². The number of nitrogens with zero attached hydrogens (tertiary/aromatic N) is 1. The summed E-state index contributed by atoms with van der Waals surface area (Å²) in [5, 5.41) is 0. The van der Waals surface area contributed by atoms with Crippen LogP contribution >= 0.6 is 0 Å². The Labute approximate surface area is 102 Å². The summed E-state index contributed by atoms with van der Waals surface area (Å²) >= 11 is 0. The fourth-order valence-corrected chi connectivity index (χ4v) is 1.74. The first-order valence-electron chi connectivity index (χ1n) is 5.93. The Morgan fingerprint density at radius 1 is 1.29 bits per heavy atom. The SMILES string of the molecule is Cc1ccc(C2CN2C(=O)OC(C)(C)C)cc1. The van der Waals surface area contributed by atoms with Gasteiger partial charge in [-0.2, -0.15) is 0 Å². The van der Waals surface area contributed by atoms with E-state index in [4.69, 9.17) is 4.74 Å². The van der Waals surface area contributed by atoms with Crippen LogP contribution in [0.25, 0.3) is 0 Å². The summed E-state index contributed by atoms with van der Waals surface area (Å²) in [5.74, 6) is 0. The molecule has 17 heavy (non-hydrogen) atoms. The fraction of sp³-hybridized carbons (Fsp3) is 0.500. The Morgan fingerprint density at radius 2 is 1.88 bits per heavy atom. The Morgan fingerprint density at radius 3 is 2.41 bits per heavy atom. The highest BCUT2D eigenvalue weighted by Gasteiger charge is 2.41. The van der Waals surface area contributed by atoms with Gasteiger partial charge in [0.2, 0.25) is 0 Å². The zero-order valence-electron chi connectivity index (χ0n) is 10.9. The smallest absolute Gasteiger partial charge is 0.410 e. The van der Waals surface area contributed by atoms with Crippen LogP contribution < -0.4 is 0 Å². The zero-order chi connectivity index (χ0) is 12.6. The molecule has 1 saturated heterocycles. The number of hydrogen-bond acceptors (Lipinski definition) is 2. The van der Waals surface area contributed by atoms with E-state index in [1.807, 2.05) is 20.8 Å². The fourth-order valence-electron chi connectivity index (χ4n) is 1.74. The molecule has 1 aliphatic rings. The number of amides is 1. The molecule has 1 aliphatic heterocycles. The van der Waals surface area contributed by atoms with Gasteiger partial charge in [-0.3, -0.25) is 4.90 Å². The molecule has 1 unspecified atom stereocenters. The lowest BCUT2D eigenvalue weighted by Crippen LogP contribution is -2.27. The molecule has 0 bridgehead atoms. The van der Waals surface area contributed by atoms with Gasteiger partial charge in [-0.15, -0.1) is 0 Å². The molecule has 92 valence electrons. The van der Waals surface area contributed by atoms with E-state index in [9.17, 15) is 4.79 Å². The van der Waals surface area contributed by atoms with Crippen molar-refractivity contribution in [1.82, 2.24) is 4.90 Å². The maximum atomic E-state index is 11.8. The molecular weight excluding hydrogens is 214 g/mol. The molecule has 0 N–H and O–H groups in total. The highest BCUT2D eigenvalue weighted by molar-refractivity contribution is 5.72. The molecule has 1 aromatic rings. The monoisotopic (exact) mass is 233 g/mol. The van der Waals surface area contributed by atoms with E-state index in [0.717, 1.165) is 6.54 Å². The third-order valence-corrected chi connectivity index (χ3v) is 2.70. The van der Waals surface area contributed by atoms with Crippen molar-refractivity contribution in [2.75, 3.05) is 6.54 Å². The molecular formula is C14H19NO2. The minimum absolute atomic E-state index is 0.199. The zero-order valence-corrected chi connectivity index (χ0v) is 10.9. The lowest BCUT2D eigenvalue weighted by Gasteiger charge is -2.19. The van der Waals surface area contributed by atoms with Crippen molar-refractivity contribution in [3.05, 3.63) is 35.4 Å². The number of benzene rings is 1. The van der Waals surface area contributed by atoms with E-state index in [-0.39, 0.29) is 12.1 Å². The first-order chi connectivity index (χ1) is 7.87. The van der Waals surface area contributed by atoms with Gasteiger partial charge in [0.25, 0.3) is 0 Å². The van der Waals surface area contributed by atoms with Crippen LogP contribution in [-0.2, 0) is 4.74 Å². The van der Waals surface area contributed by atoms with E-state index in [1.54, 1.807) is 4.90 Å². The number of hydrogen-bond donors (Lipinski definition) is 0. The molecule has 1 heterocycles. The Bertz CT molecular complexity index is 417. The Kier molecular flexibility index (Phi) is 2.86. The highest BCUT2D eigenvalue weighted by atomic mass is 16.6. The molecule has 2 rings (SSSR count). The molecule has 1 amide bonds. The maximum Gasteiger partial charge on any atom is 0.410 e. The number of carbonyl (C=O) groups is 1. The first-order valence-corrected chi connectivity index (χ1v) is 5.93. The van der Waals surface area contributed by atoms with Crippen molar-refractivity contribution in [1.29, 1.82) is 0 Å². The van der Waals surface area contributed by atoms with Crippen LogP contribution in [0.3, 0.4) is 0 Å². The first kappa shape index (κ1) is 12.0. The van der Waals surface area contributed by atoms with E-state index in [1.165, 1.54) is 11.1 Å². The summed E-state index contributed by atoms with van der Waals surface area (Å²) in [7, 11) is 0. The van der Waals surface area contributed by atoms with E-state index >= 15 is 0 Å². The second kappa shape index (κ2) is 4.06. The topological polar surface area (TPSA) is 29.3 Å². The summed E-state index contributed by atoms with van der Waals surface area (Å²) in [6.07, 6.45) is -0.219. The van der Waals surface area contributed by atoms with Crippen LogP contribution in [0.1, 0.15) is 37.9 Å². The number of carbonyl (C=O) groups excluding carboxylic acids is 1. The van der Waals surface area contributed by atoms with Crippen molar-refractivity contribution < 1.29 is 9.53 Å². The predicted octanol–water partition coefficient (Wildman–Crippen LogP) is 3.29. The van der Waals surface area contributed by atoms with E-state index in [0.29, 0.717) is 0 Å². The van der Waals surface area contributed by atoms with Crippen LogP contribution in [-0.4, -0.2) is 23.1 Å². The quantitative estimate of drug-likeness (QED) is 0.696. The Balaban J connectivity index is 1.96. The maximum absolute atomic E-state index is 11.8. The van der Waals surface area contributed by atoms with Gasteiger partial charge >= 0.3 is 6.09 Å². The predicted molar refractivity (Wildman–Crippen MR) is 66.9 cm³/mol. The van der Waals surface area contributed by atoms with Gasteiger partial charge in [0.1, 0.15) is 5.60 Å². The van der Waals surface area contributed by atoms with Crippen LogP contribution in [0.2, 0.25) is 0 Å². The lowest BCUT2D eigenvalue weighted by atomic mass is 10.1. The summed E-state index contributed by atoms with van der Waals surface area (Å²) in [6.45, 7) is 8.47.